The molecular weight excluding hydrogens is 372 g/mol. The fraction of sp³-hybridized carbons (Fsp3) is 0.440. The Kier molecular flexibility index (Phi) is 6.36. The Morgan fingerprint density at radius 3 is 2.73 bits per heavy atom. The van der Waals surface area contributed by atoms with Gasteiger partial charge in [-0.05, 0) is 43.9 Å². The third-order valence-corrected chi connectivity index (χ3v) is 6.10. The Morgan fingerprint density at radius 1 is 1.17 bits per heavy atom. The number of amides is 1. The molecule has 4 rings (SSSR count). The molecule has 1 aromatic heterocycles. The number of carbonyl (C=O) groups is 1. The minimum Gasteiger partial charge on any atom is -0.349 e. The van der Waals surface area contributed by atoms with E-state index < -0.39 is 0 Å². The van der Waals surface area contributed by atoms with Crippen LogP contribution in [-0.2, 0) is 11.3 Å². The van der Waals surface area contributed by atoms with Gasteiger partial charge in [0.15, 0.2) is 0 Å². The highest BCUT2D eigenvalue weighted by Crippen LogP contribution is 2.28. The monoisotopic (exact) mass is 404 g/mol. The van der Waals surface area contributed by atoms with Gasteiger partial charge in [-0.25, -0.2) is 4.98 Å². The summed E-state index contributed by atoms with van der Waals surface area (Å²) in [4.78, 5) is 20.3. The number of hydrogen-bond acceptors (Lipinski definition) is 3. The lowest BCUT2D eigenvalue weighted by molar-refractivity contribution is -0.125. The Labute approximate surface area is 179 Å². The molecule has 5 nitrogen and oxygen atoms in total. The van der Waals surface area contributed by atoms with Crippen molar-refractivity contribution in [2.24, 2.45) is 5.92 Å². The van der Waals surface area contributed by atoms with Gasteiger partial charge in [0.25, 0.3) is 0 Å². The van der Waals surface area contributed by atoms with Crippen LogP contribution in [0.4, 0.5) is 5.95 Å². The van der Waals surface area contributed by atoms with Crippen LogP contribution in [-0.4, -0.2) is 28.5 Å². The van der Waals surface area contributed by atoms with Crippen molar-refractivity contribution in [1.29, 1.82) is 0 Å². The van der Waals surface area contributed by atoms with Crippen LogP contribution >= 0.6 is 0 Å². The number of imidazole rings is 1. The molecule has 3 aromatic rings. The molecule has 0 aliphatic carbocycles. The van der Waals surface area contributed by atoms with E-state index in [4.69, 9.17) is 4.98 Å². The normalized spacial score (nSPS) is 17.8. The second-order valence-electron chi connectivity index (χ2n) is 8.33. The topological polar surface area (TPSA) is 50.2 Å². The molecule has 1 fully saturated rings. The summed E-state index contributed by atoms with van der Waals surface area (Å²) in [6.07, 6.45) is 4.21. The van der Waals surface area contributed by atoms with Gasteiger partial charge in [-0.2, -0.15) is 0 Å². The molecule has 1 aliphatic rings. The van der Waals surface area contributed by atoms with Crippen molar-refractivity contribution in [1.82, 2.24) is 14.9 Å². The average molecular weight is 405 g/mol. The van der Waals surface area contributed by atoms with Gasteiger partial charge in [-0.3, -0.25) is 4.79 Å². The Morgan fingerprint density at radius 2 is 1.93 bits per heavy atom. The van der Waals surface area contributed by atoms with E-state index in [-0.39, 0.29) is 17.9 Å². The summed E-state index contributed by atoms with van der Waals surface area (Å²) in [5.74, 6) is 1.15. The predicted molar refractivity (Wildman–Crippen MR) is 123 cm³/mol. The number of aromatic nitrogens is 2. The minimum atomic E-state index is -0.00986. The van der Waals surface area contributed by atoms with Crippen molar-refractivity contribution in [2.45, 2.75) is 52.1 Å². The van der Waals surface area contributed by atoms with Crippen molar-refractivity contribution < 1.29 is 4.79 Å². The zero-order chi connectivity index (χ0) is 20.9. The van der Waals surface area contributed by atoms with Gasteiger partial charge in [-0.1, -0.05) is 55.8 Å². The van der Waals surface area contributed by atoms with E-state index in [1.165, 1.54) is 5.52 Å². The molecule has 0 spiro atoms. The van der Waals surface area contributed by atoms with Crippen molar-refractivity contribution in [3.05, 3.63) is 60.2 Å². The second-order valence-corrected chi connectivity index (χ2v) is 8.33. The van der Waals surface area contributed by atoms with Crippen molar-refractivity contribution in [2.75, 3.05) is 18.0 Å². The molecule has 2 unspecified atom stereocenters. The molecular formula is C25H32N4O. The molecule has 1 saturated heterocycles. The van der Waals surface area contributed by atoms with Crippen LogP contribution in [0.5, 0.6) is 0 Å². The highest BCUT2D eigenvalue weighted by Gasteiger charge is 2.29. The number of unbranched alkanes of at least 4 members (excludes halogenated alkanes) is 1. The Balaban J connectivity index is 1.50. The van der Waals surface area contributed by atoms with Crippen LogP contribution in [0.3, 0.4) is 0 Å². The minimum absolute atomic E-state index is 0.00986. The zero-order valence-corrected chi connectivity index (χ0v) is 18.1. The number of aryl methyl sites for hydroxylation is 1. The molecule has 2 heterocycles. The van der Waals surface area contributed by atoms with Crippen LogP contribution in [0, 0.1) is 5.92 Å². The van der Waals surface area contributed by atoms with E-state index in [0.29, 0.717) is 0 Å². The Hall–Kier alpha value is -2.82. The number of piperidine rings is 1. The third kappa shape index (κ3) is 4.35. The first-order valence-electron chi connectivity index (χ1n) is 11.2. The van der Waals surface area contributed by atoms with Gasteiger partial charge in [0.1, 0.15) is 0 Å². The number of benzene rings is 2. The van der Waals surface area contributed by atoms with Gasteiger partial charge < -0.3 is 14.8 Å². The van der Waals surface area contributed by atoms with Gasteiger partial charge >= 0.3 is 0 Å². The molecule has 0 radical (unpaired) electrons. The number of carbonyl (C=O) groups excluding carboxylic acids is 1. The predicted octanol–water partition coefficient (Wildman–Crippen LogP) is 4.93. The van der Waals surface area contributed by atoms with Gasteiger partial charge in [0.05, 0.1) is 23.0 Å². The van der Waals surface area contributed by atoms with E-state index in [0.717, 1.165) is 62.3 Å². The quantitative estimate of drug-likeness (QED) is 0.607. The first-order chi connectivity index (χ1) is 14.7. The van der Waals surface area contributed by atoms with E-state index >= 15 is 0 Å². The number of para-hydroxylation sites is 2. The molecule has 1 N–H and O–H groups in total. The van der Waals surface area contributed by atoms with Gasteiger partial charge in [0.2, 0.25) is 11.9 Å². The summed E-state index contributed by atoms with van der Waals surface area (Å²) >= 11 is 0. The number of anilines is 1. The number of fused-ring (bicyclic) bond motifs is 1. The maximum absolute atomic E-state index is 13.0. The number of nitrogens with one attached hydrogen (secondary N) is 1. The molecule has 0 saturated carbocycles. The largest absolute Gasteiger partial charge is 0.349 e. The lowest BCUT2D eigenvalue weighted by Gasteiger charge is -2.33. The summed E-state index contributed by atoms with van der Waals surface area (Å²) in [7, 11) is 0. The highest BCUT2D eigenvalue weighted by atomic mass is 16.2. The summed E-state index contributed by atoms with van der Waals surface area (Å²) < 4.78 is 2.34. The number of rotatable bonds is 7. The van der Waals surface area contributed by atoms with E-state index in [1.54, 1.807) is 0 Å². The van der Waals surface area contributed by atoms with Crippen LogP contribution < -0.4 is 10.2 Å². The van der Waals surface area contributed by atoms with Crippen LogP contribution in [0.25, 0.3) is 11.0 Å². The number of nitrogens with zero attached hydrogens (tertiary/aromatic N) is 3. The van der Waals surface area contributed by atoms with Crippen molar-refractivity contribution >= 4 is 22.9 Å². The van der Waals surface area contributed by atoms with Gasteiger partial charge in [-0.15, -0.1) is 0 Å². The maximum Gasteiger partial charge on any atom is 0.225 e. The second kappa shape index (κ2) is 9.33. The molecule has 2 atom stereocenters. The standard InChI is InChI=1S/C25H32N4O/c1-3-4-17-29-23-15-9-8-14-22(23)27-25(29)28-16-10-13-21(18-28)24(30)26-19(2)20-11-6-5-7-12-20/h5-9,11-12,14-15,19,21H,3-4,10,13,16-18H2,1-2H3,(H,26,30). The molecule has 30 heavy (non-hydrogen) atoms. The summed E-state index contributed by atoms with van der Waals surface area (Å²) in [5.41, 5.74) is 3.36. The van der Waals surface area contributed by atoms with Gasteiger partial charge in [0, 0.05) is 19.6 Å². The van der Waals surface area contributed by atoms with E-state index in [2.05, 4.69) is 59.0 Å². The van der Waals surface area contributed by atoms with E-state index in [9.17, 15) is 4.79 Å². The first kappa shape index (κ1) is 20.5. The maximum atomic E-state index is 13.0. The number of hydrogen-bond donors (Lipinski definition) is 1. The molecule has 2 aromatic carbocycles. The SMILES string of the molecule is CCCCn1c(N2CCCC(C(=O)NC(C)c3ccccc3)C2)nc2ccccc21. The van der Waals surface area contributed by atoms with Crippen molar-refractivity contribution in [3.63, 3.8) is 0 Å². The average Bonchev–Trinajstić information content (AvgIpc) is 3.17. The fourth-order valence-corrected chi connectivity index (χ4v) is 4.37. The zero-order valence-electron chi connectivity index (χ0n) is 18.1. The summed E-state index contributed by atoms with van der Waals surface area (Å²) in [6, 6.07) is 18.5. The van der Waals surface area contributed by atoms with E-state index in [1.807, 2.05) is 24.3 Å². The summed E-state index contributed by atoms with van der Waals surface area (Å²) in [6.45, 7) is 6.91. The highest BCUT2D eigenvalue weighted by molar-refractivity contribution is 5.81. The van der Waals surface area contributed by atoms with Crippen LogP contribution in [0.15, 0.2) is 54.6 Å². The summed E-state index contributed by atoms with van der Waals surface area (Å²) in [5, 5.41) is 3.22. The van der Waals surface area contributed by atoms with Crippen LogP contribution in [0.2, 0.25) is 0 Å². The molecule has 0 bridgehead atoms. The first-order valence-corrected chi connectivity index (χ1v) is 11.2. The molecule has 1 aliphatic heterocycles. The molecule has 1 amide bonds. The molecule has 158 valence electrons. The van der Waals surface area contributed by atoms with Crippen molar-refractivity contribution in [3.8, 4) is 0 Å². The van der Waals surface area contributed by atoms with Crippen LogP contribution in [0.1, 0.15) is 51.1 Å². The third-order valence-electron chi connectivity index (χ3n) is 6.10. The fourth-order valence-electron chi connectivity index (χ4n) is 4.37. The molecule has 5 heteroatoms. The Bertz CT molecular complexity index is 981. The smallest absolute Gasteiger partial charge is 0.225 e. The lowest BCUT2D eigenvalue weighted by Crippen LogP contribution is -2.44. The lowest BCUT2D eigenvalue weighted by atomic mass is 9.96.